The van der Waals surface area contributed by atoms with Gasteiger partial charge in [-0.3, -0.25) is 4.90 Å². The summed E-state index contributed by atoms with van der Waals surface area (Å²) in [6.45, 7) is 6.72. The second-order valence-electron chi connectivity index (χ2n) is 5.20. The molecule has 1 fully saturated rings. The smallest absolute Gasteiger partial charge is 0.124 e. The van der Waals surface area contributed by atoms with Gasteiger partial charge in [0.1, 0.15) is 5.82 Å². The zero-order valence-electron chi connectivity index (χ0n) is 11.4. The maximum atomic E-state index is 13.0. The molecule has 1 aliphatic heterocycles. The van der Waals surface area contributed by atoms with Crippen molar-refractivity contribution in [2.24, 2.45) is 5.92 Å². The van der Waals surface area contributed by atoms with Gasteiger partial charge < -0.3 is 4.74 Å². The van der Waals surface area contributed by atoms with Crippen molar-refractivity contribution in [3.05, 3.63) is 34.6 Å². The summed E-state index contributed by atoms with van der Waals surface area (Å²) in [7, 11) is 0. The zero-order chi connectivity index (χ0) is 13.7. The molecule has 2 rings (SSSR count). The molecule has 0 aliphatic carbocycles. The minimum atomic E-state index is -0.277. The summed E-state index contributed by atoms with van der Waals surface area (Å²) in [6, 6.07) is 4.63. The molecule has 2 nitrogen and oxygen atoms in total. The van der Waals surface area contributed by atoms with Crippen LogP contribution in [0.3, 0.4) is 0 Å². The average Bonchev–Trinajstić information content (AvgIpc) is 2.81. The fourth-order valence-electron chi connectivity index (χ4n) is 2.48. The maximum absolute atomic E-state index is 13.0. The van der Waals surface area contributed by atoms with Gasteiger partial charge in [-0.25, -0.2) is 4.39 Å². The first-order valence-electron chi connectivity index (χ1n) is 6.93. The van der Waals surface area contributed by atoms with Gasteiger partial charge in [0.05, 0.1) is 6.61 Å². The molecule has 0 radical (unpaired) electrons. The van der Waals surface area contributed by atoms with Gasteiger partial charge in [-0.05, 0) is 43.0 Å². The van der Waals surface area contributed by atoms with Crippen molar-refractivity contribution in [3.8, 4) is 0 Å². The first-order chi connectivity index (χ1) is 9.19. The van der Waals surface area contributed by atoms with Crippen molar-refractivity contribution in [1.29, 1.82) is 0 Å². The third-order valence-corrected chi connectivity index (χ3v) is 3.83. The Balaban J connectivity index is 1.81. The molecular weight excluding hydrogens is 265 g/mol. The molecule has 0 N–H and O–H groups in total. The molecule has 0 spiro atoms. The third kappa shape index (κ3) is 4.44. The Morgan fingerprint density at radius 2 is 2.32 bits per heavy atom. The molecule has 1 saturated heterocycles. The summed E-state index contributed by atoms with van der Waals surface area (Å²) in [4.78, 5) is 2.36. The van der Waals surface area contributed by atoms with Crippen LogP contribution in [0.4, 0.5) is 4.39 Å². The molecule has 1 aromatic rings. The number of benzene rings is 1. The summed E-state index contributed by atoms with van der Waals surface area (Å²) in [5, 5.41) is 0.519. The van der Waals surface area contributed by atoms with Crippen molar-refractivity contribution in [2.45, 2.75) is 26.3 Å². The number of rotatable bonds is 6. The largest absolute Gasteiger partial charge is 0.381 e. The Morgan fingerprint density at radius 3 is 3.05 bits per heavy atom. The normalized spacial score (nSPS) is 20.1. The predicted octanol–water partition coefficient (Wildman–Crippen LogP) is 3.73. The maximum Gasteiger partial charge on any atom is 0.124 e. The van der Waals surface area contributed by atoms with Crippen molar-refractivity contribution in [3.63, 3.8) is 0 Å². The summed E-state index contributed by atoms with van der Waals surface area (Å²) < 4.78 is 18.6. The molecule has 0 saturated carbocycles. The fraction of sp³-hybridized carbons (Fsp3) is 0.600. The van der Waals surface area contributed by atoms with Gasteiger partial charge in [-0.2, -0.15) is 0 Å². The summed E-state index contributed by atoms with van der Waals surface area (Å²) in [5.41, 5.74) is 0.998. The Morgan fingerprint density at radius 1 is 1.47 bits per heavy atom. The summed E-state index contributed by atoms with van der Waals surface area (Å²) in [5.74, 6) is 0.340. The molecule has 1 heterocycles. The second-order valence-corrected chi connectivity index (χ2v) is 5.61. The van der Waals surface area contributed by atoms with E-state index in [1.807, 2.05) is 0 Å². The van der Waals surface area contributed by atoms with Crippen LogP contribution in [0, 0.1) is 11.7 Å². The van der Waals surface area contributed by atoms with Crippen LogP contribution in [0.1, 0.15) is 25.3 Å². The Hall–Kier alpha value is -0.640. The van der Waals surface area contributed by atoms with Crippen LogP contribution in [0.15, 0.2) is 18.2 Å². The van der Waals surface area contributed by atoms with Gasteiger partial charge in [0.2, 0.25) is 0 Å². The van der Waals surface area contributed by atoms with Crippen LogP contribution < -0.4 is 0 Å². The van der Waals surface area contributed by atoms with E-state index in [1.165, 1.54) is 18.6 Å². The molecule has 106 valence electrons. The van der Waals surface area contributed by atoms with E-state index in [0.29, 0.717) is 10.9 Å². The minimum Gasteiger partial charge on any atom is -0.381 e. The highest BCUT2D eigenvalue weighted by atomic mass is 35.5. The highest BCUT2D eigenvalue weighted by Crippen LogP contribution is 2.23. The standard InChI is InChI=1S/C15H21ClFNO/c1-2-7-19-11-12-5-6-18(9-12)10-13-3-4-14(17)8-15(13)16/h3-4,8,12H,2,5-7,9-11H2,1H3/t12-/m0/s1. The highest BCUT2D eigenvalue weighted by Gasteiger charge is 2.23. The van der Waals surface area contributed by atoms with Crippen LogP contribution in [-0.2, 0) is 11.3 Å². The minimum absolute atomic E-state index is 0.277. The fourth-order valence-corrected chi connectivity index (χ4v) is 2.70. The van der Waals surface area contributed by atoms with Gasteiger partial charge in [0, 0.05) is 24.7 Å². The third-order valence-electron chi connectivity index (χ3n) is 3.48. The first-order valence-corrected chi connectivity index (χ1v) is 7.31. The molecule has 0 bridgehead atoms. The SMILES string of the molecule is CCCOC[C@H]1CCN(Cc2ccc(F)cc2Cl)C1. The van der Waals surface area contributed by atoms with Gasteiger partial charge in [-0.1, -0.05) is 24.6 Å². The van der Waals surface area contributed by atoms with Gasteiger partial charge in [0.25, 0.3) is 0 Å². The summed E-state index contributed by atoms with van der Waals surface area (Å²) in [6.07, 6.45) is 2.24. The van der Waals surface area contributed by atoms with Crippen molar-refractivity contribution >= 4 is 11.6 Å². The van der Waals surface area contributed by atoms with E-state index in [9.17, 15) is 4.39 Å². The summed E-state index contributed by atoms with van der Waals surface area (Å²) >= 11 is 6.06. The lowest BCUT2D eigenvalue weighted by atomic mass is 10.1. The molecule has 0 aromatic heterocycles. The van der Waals surface area contributed by atoms with E-state index in [1.54, 1.807) is 6.07 Å². The van der Waals surface area contributed by atoms with Crippen LogP contribution >= 0.6 is 11.6 Å². The van der Waals surface area contributed by atoms with Gasteiger partial charge in [-0.15, -0.1) is 0 Å². The van der Waals surface area contributed by atoms with Crippen LogP contribution in [0.2, 0.25) is 5.02 Å². The molecule has 0 unspecified atom stereocenters. The van der Waals surface area contributed by atoms with Crippen LogP contribution in [0.5, 0.6) is 0 Å². The van der Waals surface area contributed by atoms with Gasteiger partial charge >= 0.3 is 0 Å². The lowest BCUT2D eigenvalue weighted by Crippen LogP contribution is -2.21. The number of nitrogens with zero attached hydrogens (tertiary/aromatic N) is 1. The number of ether oxygens (including phenoxy) is 1. The van der Waals surface area contributed by atoms with Crippen molar-refractivity contribution in [2.75, 3.05) is 26.3 Å². The quantitative estimate of drug-likeness (QED) is 0.739. The van der Waals surface area contributed by atoms with E-state index >= 15 is 0 Å². The van der Waals surface area contributed by atoms with Crippen molar-refractivity contribution in [1.82, 2.24) is 4.90 Å². The monoisotopic (exact) mass is 285 g/mol. The lowest BCUT2D eigenvalue weighted by Gasteiger charge is -2.17. The molecule has 1 atom stereocenters. The predicted molar refractivity (Wildman–Crippen MR) is 75.9 cm³/mol. The highest BCUT2D eigenvalue weighted by molar-refractivity contribution is 6.31. The van der Waals surface area contributed by atoms with Crippen molar-refractivity contribution < 1.29 is 9.13 Å². The topological polar surface area (TPSA) is 12.5 Å². The molecule has 1 aliphatic rings. The lowest BCUT2D eigenvalue weighted by molar-refractivity contribution is 0.101. The Kier molecular flexibility index (Phi) is 5.61. The van der Waals surface area contributed by atoms with E-state index in [-0.39, 0.29) is 5.82 Å². The number of hydrogen-bond donors (Lipinski definition) is 0. The van der Waals surface area contributed by atoms with Gasteiger partial charge in [0.15, 0.2) is 0 Å². The molecule has 19 heavy (non-hydrogen) atoms. The van der Waals surface area contributed by atoms with E-state index < -0.39 is 0 Å². The molecule has 4 heteroatoms. The average molecular weight is 286 g/mol. The Labute approximate surface area is 119 Å². The molecule has 0 amide bonds. The molecule has 1 aromatic carbocycles. The number of likely N-dealkylation sites (tertiary alicyclic amines) is 1. The Bertz CT molecular complexity index is 413. The molecular formula is C15H21ClFNO. The van der Waals surface area contributed by atoms with E-state index in [4.69, 9.17) is 16.3 Å². The number of halogens is 2. The van der Waals surface area contributed by atoms with E-state index in [2.05, 4.69) is 11.8 Å². The van der Waals surface area contributed by atoms with Crippen LogP contribution in [0.25, 0.3) is 0 Å². The van der Waals surface area contributed by atoms with Crippen LogP contribution in [-0.4, -0.2) is 31.2 Å². The second kappa shape index (κ2) is 7.22. The zero-order valence-corrected chi connectivity index (χ0v) is 12.1. The first kappa shape index (κ1) is 14.8. The number of hydrogen-bond acceptors (Lipinski definition) is 2. The van der Waals surface area contributed by atoms with E-state index in [0.717, 1.165) is 44.8 Å².